The van der Waals surface area contributed by atoms with E-state index in [1.807, 2.05) is 24.3 Å². The van der Waals surface area contributed by atoms with E-state index in [2.05, 4.69) is 20.5 Å². The molecule has 0 spiro atoms. The first-order valence-electron chi connectivity index (χ1n) is 6.93. The number of amides is 1. The fourth-order valence-electron chi connectivity index (χ4n) is 1.92. The molecule has 0 saturated heterocycles. The number of nitriles is 1. The Hall–Kier alpha value is -3.31. The molecule has 24 heavy (non-hydrogen) atoms. The van der Waals surface area contributed by atoms with Crippen molar-refractivity contribution in [2.75, 3.05) is 11.9 Å². The quantitative estimate of drug-likeness (QED) is 0.768. The molecule has 8 heteroatoms. The van der Waals surface area contributed by atoms with Crippen LogP contribution in [-0.2, 0) is 0 Å². The number of hydrogen-bond donors (Lipinski definition) is 1. The van der Waals surface area contributed by atoms with Gasteiger partial charge in [-0.05, 0) is 24.3 Å². The number of rotatable bonds is 5. The van der Waals surface area contributed by atoms with Gasteiger partial charge in [-0.2, -0.15) is 5.26 Å². The Morgan fingerprint density at radius 3 is 2.83 bits per heavy atom. The molecule has 0 unspecified atom stereocenters. The van der Waals surface area contributed by atoms with Crippen molar-refractivity contribution in [3.8, 4) is 22.5 Å². The summed E-state index contributed by atoms with van der Waals surface area (Å²) in [7, 11) is 0. The number of hydrogen-bond acceptors (Lipinski definition) is 7. The van der Waals surface area contributed by atoms with Crippen molar-refractivity contribution in [2.45, 2.75) is 0 Å². The lowest BCUT2D eigenvalue weighted by Crippen LogP contribution is -2.13. The first kappa shape index (κ1) is 15.6. The Bertz CT molecular complexity index is 889. The van der Waals surface area contributed by atoms with E-state index in [0.717, 1.165) is 0 Å². The standard InChI is InChI=1S/C16H11N5O2S/c17-8-10-23-13-7-2-1-5-11(13)14(22)19-16-21-20-15(24-16)12-6-3-4-9-18-12/h1-7,9H,10H2,(H,19,21,22). The maximum Gasteiger partial charge on any atom is 0.261 e. The van der Waals surface area contributed by atoms with Crippen LogP contribution in [0.25, 0.3) is 10.7 Å². The van der Waals surface area contributed by atoms with Gasteiger partial charge in [-0.15, -0.1) is 10.2 Å². The molecule has 0 bridgehead atoms. The summed E-state index contributed by atoms with van der Waals surface area (Å²) in [6, 6.07) is 14.0. The number of benzene rings is 1. The van der Waals surface area contributed by atoms with Crippen molar-refractivity contribution in [1.29, 1.82) is 5.26 Å². The van der Waals surface area contributed by atoms with E-state index < -0.39 is 0 Å². The van der Waals surface area contributed by atoms with Crippen LogP contribution in [0.5, 0.6) is 5.75 Å². The van der Waals surface area contributed by atoms with Crippen LogP contribution in [0, 0.1) is 11.3 Å². The Kier molecular flexibility index (Phi) is 4.74. The zero-order chi connectivity index (χ0) is 16.8. The lowest BCUT2D eigenvalue weighted by molar-refractivity contribution is 0.102. The third kappa shape index (κ3) is 3.53. The minimum Gasteiger partial charge on any atom is -0.478 e. The van der Waals surface area contributed by atoms with Gasteiger partial charge in [-0.1, -0.05) is 29.5 Å². The SMILES string of the molecule is N#CCOc1ccccc1C(=O)Nc1nnc(-c2ccccn2)s1. The normalized spacial score (nSPS) is 9.96. The number of nitrogens with zero attached hydrogens (tertiary/aromatic N) is 4. The second kappa shape index (κ2) is 7.30. The summed E-state index contributed by atoms with van der Waals surface area (Å²) in [6.07, 6.45) is 1.66. The predicted molar refractivity (Wildman–Crippen MR) is 88.6 cm³/mol. The van der Waals surface area contributed by atoms with Crippen molar-refractivity contribution >= 4 is 22.4 Å². The molecular weight excluding hydrogens is 326 g/mol. The molecular formula is C16H11N5O2S. The minimum atomic E-state index is -0.382. The average molecular weight is 337 g/mol. The molecule has 7 nitrogen and oxygen atoms in total. The van der Waals surface area contributed by atoms with E-state index in [9.17, 15) is 4.79 Å². The van der Waals surface area contributed by atoms with Gasteiger partial charge in [0.25, 0.3) is 5.91 Å². The summed E-state index contributed by atoms with van der Waals surface area (Å²) in [4.78, 5) is 16.6. The Morgan fingerprint density at radius 1 is 1.21 bits per heavy atom. The Morgan fingerprint density at radius 2 is 2.04 bits per heavy atom. The summed E-state index contributed by atoms with van der Waals surface area (Å²) >= 11 is 1.22. The summed E-state index contributed by atoms with van der Waals surface area (Å²) < 4.78 is 5.26. The highest BCUT2D eigenvalue weighted by Crippen LogP contribution is 2.26. The van der Waals surface area contributed by atoms with Crippen LogP contribution in [0.4, 0.5) is 5.13 Å². The molecule has 3 aromatic rings. The number of carbonyl (C=O) groups excluding carboxylic acids is 1. The highest BCUT2D eigenvalue weighted by Gasteiger charge is 2.15. The molecule has 0 aliphatic rings. The molecule has 1 N–H and O–H groups in total. The van der Waals surface area contributed by atoms with Crippen LogP contribution in [0.3, 0.4) is 0 Å². The van der Waals surface area contributed by atoms with E-state index in [1.165, 1.54) is 11.3 Å². The number of carbonyl (C=O) groups is 1. The number of aromatic nitrogens is 3. The highest BCUT2D eigenvalue weighted by molar-refractivity contribution is 7.18. The van der Waals surface area contributed by atoms with Crippen molar-refractivity contribution in [3.63, 3.8) is 0 Å². The lowest BCUT2D eigenvalue weighted by atomic mass is 10.2. The summed E-state index contributed by atoms with van der Waals surface area (Å²) in [5.41, 5.74) is 1.01. The summed E-state index contributed by atoms with van der Waals surface area (Å²) in [5.74, 6) is -0.0433. The molecule has 1 amide bonds. The average Bonchev–Trinajstić information content (AvgIpc) is 3.09. The predicted octanol–water partition coefficient (Wildman–Crippen LogP) is 2.75. The number of para-hydroxylation sites is 1. The molecule has 0 atom stereocenters. The maximum absolute atomic E-state index is 12.4. The van der Waals surface area contributed by atoms with Gasteiger partial charge in [-0.25, -0.2) is 0 Å². The van der Waals surface area contributed by atoms with Gasteiger partial charge in [0.2, 0.25) is 5.13 Å². The monoisotopic (exact) mass is 337 g/mol. The zero-order valence-electron chi connectivity index (χ0n) is 12.3. The molecule has 0 saturated carbocycles. The van der Waals surface area contributed by atoms with E-state index >= 15 is 0 Å². The molecule has 3 rings (SSSR count). The van der Waals surface area contributed by atoms with Gasteiger partial charge >= 0.3 is 0 Å². The van der Waals surface area contributed by atoms with Crippen LogP contribution in [0.2, 0.25) is 0 Å². The van der Waals surface area contributed by atoms with Gasteiger partial charge in [-0.3, -0.25) is 15.1 Å². The molecule has 1 aromatic carbocycles. The zero-order valence-corrected chi connectivity index (χ0v) is 13.2. The summed E-state index contributed by atoms with van der Waals surface area (Å²) in [6.45, 7) is -0.132. The first-order chi connectivity index (χ1) is 11.8. The molecule has 0 aliphatic heterocycles. The van der Waals surface area contributed by atoms with Gasteiger partial charge in [0.1, 0.15) is 17.5 Å². The topological polar surface area (TPSA) is 101 Å². The fourth-order valence-corrected chi connectivity index (χ4v) is 2.64. The van der Waals surface area contributed by atoms with Crippen molar-refractivity contribution in [2.24, 2.45) is 0 Å². The highest BCUT2D eigenvalue weighted by atomic mass is 32.1. The van der Waals surface area contributed by atoms with E-state index in [4.69, 9.17) is 10.00 Å². The number of anilines is 1. The lowest BCUT2D eigenvalue weighted by Gasteiger charge is -2.07. The van der Waals surface area contributed by atoms with Gasteiger partial charge < -0.3 is 4.74 Å². The number of pyridine rings is 1. The third-order valence-electron chi connectivity index (χ3n) is 2.95. The van der Waals surface area contributed by atoms with Crippen molar-refractivity contribution in [3.05, 3.63) is 54.2 Å². The van der Waals surface area contributed by atoms with Gasteiger partial charge in [0.15, 0.2) is 11.6 Å². The third-order valence-corrected chi connectivity index (χ3v) is 3.81. The Balaban J connectivity index is 1.77. The minimum absolute atomic E-state index is 0.132. The molecule has 0 aliphatic carbocycles. The van der Waals surface area contributed by atoms with Gasteiger partial charge in [0, 0.05) is 6.20 Å². The fraction of sp³-hybridized carbons (Fsp3) is 0.0625. The molecule has 0 radical (unpaired) electrons. The van der Waals surface area contributed by atoms with Crippen LogP contribution in [0.15, 0.2) is 48.7 Å². The summed E-state index contributed by atoms with van der Waals surface area (Å²) in [5, 5.41) is 20.2. The molecule has 118 valence electrons. The van der Waals surface area contributed by atoms with Crippen LogP contribution in [-0.4, -0.2) is 27.7 Å². The molecule has 2 aromatic heterocycles. The van der Waals surface area contributed by atoms with Crippen molar-refractivity contribution < 1.29 is 9.53 Å². The van der Waals surface area contributed by atoms with Crippen LogP contribution >= 0.6 is 11.3 Å². The maximum atomic E-state index is 12.4. The largest absolute Gasteiger partial charge is 0.478 e. The van der Waals surface area contributed by atoms with Crippen LogP contribution in [0.1, 0.15) is 10.4 Å². The smallest absolute Gasteiger partial charge is 0.261 e. The number of ether oxygens (including phenoxy) is 1. The van der Waals surface area contributed by atoms with E-state index in [-0.39, 0.29) is 12.5 Å². The van der Waals surface area contributed by atoms with Gasteiger partial charge in [0.05, 0.1) is 5.56 Å². The number of nitrogens with one attached hydrogen (secondary N) is 1. The molecule has 2 heterocycles. The first-order valence-corrected chi connectivity index (χ1v) is 7.74. The second-order valence-electron chi connectivity index (χ2n) is 4.52. The van der Waals surface area contributed by atoms with Crippen LogP contribution < -0.4 is 10.1 Å². The van der Waals surface area contributed by atoms with E-state index in [1.54, 1.807) is 30.5 Å². The Labute approximate surface area is 141 Å². The second-order valence-corrected chi connectivity index (χ2v) is 5.50. The van der Waals surface area contributed by atoms with E-state index in [0.29, 0.717) is 27.1 Å². The molecule has 0 fully saturated rings. The van der Waals surface area contributed by atoms with Crippen molar-refractivity contribution in [1.82, 2.24) is 15.2 Å².